The molecule has 5 heteroatoms. The van der Waals surface area contributed by atoms with Crippen molar-refractivity contribution in [2.75, 3.05) is 0 Å². The molecule has 1 atom stereocenters. The van der Waals surface area contributed by atoms with Crippen LogP contribution in [0.25, 0.3) is 0 Å². The number of fused-ring (bicyclic) bond motifs is 1. The van der Waals surface area contributed by atoms with Gasteiger partial charge in [0.1, 0.15) is 5.84 Å². The summed E-state index contributed by atoms with van der Waals surface area (Å²) >= 11 is 0. The lowest BCUT2D eigenvalue weighted by Crippen LogP contribution is -2.55. The van der Waals surface area contributed by atoms with E-state index in [1.165, 1.54) is 4.90 Å². The van der Waals surface area contributed by atoms with Crippen molar-refractivity contribution in [2.45, 2.75) is 25.9 Å². The van der Waals surface area contributed by atoms with Crippen molar-refractivity contribution in [2.24, 2.45) is 4.99 Å². The molecule has 0 fully saturated rings. The molecule has 2 aliphatic heterocycles. The Morgan fingerprint density at radius 2 is 1.79 bits per heavy atom. The molecule has 0 aliphatic carbocycles. The van der Waals surface area contributed by atoms with Gasteiger partial charge in [-0.1, -0.05) is 48.0 Å². The lowest BCUT2D eigenvalue weighted by molar-refractivity contribution is -0.130. The first-order valence-electron chi connectivity index (χ1n) is 9.20. The van der Waals surface area contributed by atoms with Gasteiger partial charge in [-0.3, -0.25) is 14.5 Å². The minimum Gasteiger partial charge on any atom is -0.320 e. The van der Waals surface area contributed by atoms with E-state index in [-0.39, 0.29) is 18.2 Å². The first kappa shape index (κ1) is 17.9. The summed E-state index contributed by atoms with van der Waals surface area (Å²) in [6.07, 6.45) is 5.70. The molecular formula is C23H21N3O2. The number of carbonyl (C=O) groups is 2. The van der Waals surface area contributed by atoms with Crippen molar-refractivity contribution in [3.05, 3.63) is 95.2 Å². The van der Waals surface area contributed by atoms with E-state index in [1.54, 1.807) is 30.5 Å². The highest BCUT2D eigenvalue weighted by Crippen LogP contribution is 2.29. The van der Waals surface area contributed by atoms with Crippen molar-refractivity contribution in [1.82, 2.24) is 10.2 Å². The summed E-state index contributed by atoms with van der Waals surface area (Å²) in [4.78, 5) is 32.4. The molecule has 2 heterocycles. The second kappa shape index (κ2) is 6.93. The maximum atomic E-state index is 13.3. The van der Waals surface area contributed by atoms with Gasteiger partial charge >= 0.3 is 0 Å². The van der Waals surface area contributed by atoms with E-state index in [1.807, 2.05) is 56.3 Å². The van der Waals surface area contributed by atoms with Crippen molar-refractivity contribution in [3.8, 4) is 0 Å². The zero-order valence-corrected chi connectivity index (χ0v) is 15.8. The van der Waals surface area contributed by atoms with Gasteiger partial charge in [-0.05, 0) is 49.3 Å². The summed E-state index contributed by atoms with van der Waals surface area (Å²) in [6.45, 7) is 3.96. The summed E-state index contributed by atoms with van der Waals surface area (Å²) in [7, 11) is 0. The van der Waals surface area contributed by atoms with Gasteiger partial charge in [0.05, 0.1) is 0 Å². The van der Waals surface area contributed by atoms with Crippen molar-refractivity contribution >= 4 is 17.6 Å². The summed E-state index contributed by atoms with van der Waals surface area (Å²) in [5.74, 6) is -0.0345. The Hall–Kier alpha value is -3.47. The number of amidine groups is 1. The van der Waals surface area contributed by atoms with Crippen LogP contribution in [0.1, 0.15) is 28.4 Å². The average Bonchev–Trinajstić information content (AvgIpc) is 2.95. The van der Waals surface area contributed by atoms with Crippen LogP contribution in [0.3, 0.4) is 0 Å². The topological polar surface area (TPSA) is 61.8 Å². The number of nitrogens with zero attached hydrogens (tertiary/aromatic N) is 2. The van der Waals surface area contributed by atoms with Crippen LogP contribution in [0, 0.1) is 6.92 Å². The third-order valence-corrected chi connectivity index (χ3v) is 4.90. The van der Waals surface area contributed by atoms with E-state index in [0.29, 0.717) is 11.4 Å². The second-order valence-corrected chi connectivity index (χ2v) is 7.19. The number of amides is 2. The van der Waals surface area contributed by atoms with Crippen LogP contribution in [0.4, 0.5) is 0 Å². The second-order valence-electron chi connectivity index (χ2n) is 7.19. The summed E-state index contributed by atoms with van der Waals surface area (Å²) < 4.78 is 0. The molecule has 2 amide bonds. The van der Waals surface area contributed by atoms with Crippen molar-refractivity contribution < 1.29 is 9.59 Å². The Labute approximate surface area is 164 Å². The first-order valence-corrected chi connectivity index (χ1v) is 9.20. The Kier molecular flexibility index (Phi) is 4.43. The van der Waals surface area contributed by atoms with Crippen LogP contribution >= 0.6 is 0 Å². The fourth-order valence-electron chi connectivity index (χ4n) is 3.38. The number of rotatable bonds is 4. The Balaban J connectivity index is 1.73. The third kappa shape index (κ3) is 3.27. The van der Waals surface area contributed by atoms with E-state index in [2.05, 4.69) is 10.3 Å². The molecule has 4 rings (SSSR count). The normalized spacial score (nSPS) is 20.5. The van der Waals surface area contributed by atoms with Crippen molar-refractivity contribution in [3.63, 3.8) is 0 Å². The molecule has 140 valence electrons. The van der Waals surface area contributed by atoms with Gasteiger partial charge in [-0.15, -0.1) is 0 Å². The number of nitrogens with one attached hydrogen (secondary N) is 1. The van der Waals surface area contributed by atoms with E-state index in [0.717, 1.165) is 16.7 Å². The molecule has 28 heavy (non-hydrogen) atoms. The SMILES string of the molecule is CC1=CC2=NC(Cc3ccc(C)cc3)(NC(=O)c3ccccc3)C(=O)N2C=C1. The number of aryl methyl sites for hydroxylation is 1. The molecule has 0 aromatic heterocycles. The molecule has 0 spiro atoms. The third-order valence-electron chi connectivity index (χ3n) is 4.90. The molecule has 0 saturated heterocycles. The van der Waals surface area contributed by atoms with E-state index in [9.17, 15) is 9.59 Å². The summed E-state index contributed by atoms with van der Waals surface area (Å²) in [6, 6.07) is 16.8. The van der Waals surface area contributed by atoms with Crippen LogP contribution in [0.2, 0.25) is 0 Å². The highest BCUT2D eigenvalue weighted by molar-refractivity contribution is 6.15. The Morgan fingerprint density at radius 3 is 2.50 bits per heavy atom. The van der Waals surface area contributed by atoms with Crippen LogP contribution in [0.5, 0.6) is 0 Å². The minimum atomic E-state index is -1.37. The number of allylic oxidation sites excluding steroid dienone is 2. The quantitative estimate of drug-likeness (QED) is 0.896. The molecule has 0 bridgehead atoms. The number of benzene rings is 2. The highest BCUT2D eigenvalue weighted by atomic mass is 16.2. The fraction of sp³-hybridized carbons (Fsp3) is 0.174. The molecule has 2 aliphatic rings. The van der Waals surface area contributed by atoms with Gasteiger partial charge in [0.15, 0.2) is 0 Å². The van der Waals surface area contributed by atoms with Gasteiger partial charge in [0.2, 0.25) is 5.66 Å². The minimum absolute atomic E-state index is 0.257. The summed E-state index contributed by atoms with van der Waals surface area (Å²) in [5, 5.41) is 2.91. The molecular weight excluding hydrogens is 350 g/mol. The van der Waals surface area contributed by atoms with E-state index < -0.39 is 5.66 Å². The molecule has 1 unspecified atom stereocenters. The number of hydrogen-bond donors (Lipinski definition) is 1. The smallest absolute Gasteiger partial charge is 0.281 e. The average molecular weight is 371 g/mol. The monoisotopic (exact) mass is 371 g/mol. The number of hydrogen-bond acceptors (Lipinski definition) is 3. The standard InChI is InChI=1S/C23H21N3O2/c1-16-8-10-18(11-9-16)15-23(25-21(27)19-6-4-3-5-7-19)22(28)26-13-12-17(2)14-20(26)24-23/h3-14H,15H2,1-2H3,(H,25,27). The van der Waals surface area contributed by atoms with Gasteiger partial charge < -0.3 is 5.32 Å². The Morgan fingerprint density at radius 1 is 1.07 bits per heavy atom. The van der Waals surface area contributed by atoms with Gasteiger partial charge in [-0.25, -0.2) is 4.99 Å². The van der Waals surface area contributed by atoms with Crippen LogP contribution in [0.15, 0.2) is 83.5 Å². The maximum absolute atomic E-state index is 13.3. The van der Waals surface area contributed by atoms with Crippen molar-refractivity contribution in [1.29, 1.82) is 0 Å². The summed E-state index contributed by atoms with van der Waals surface area (Å²) in [5.41, 5.74) is 2.19. The molecule has 2 aromatic rings. The van der Waals surface area contributed by atoms with Gasteiger partial charge in [0, 0.05) is 18.2 Å². The maximum Gasteiger partial charge on any atom is 0.281 e. The lowest BCUT2D eigenvalue weighted by atomic mass is 9.98. The Bertz CT molecular complexity index is 1020. The molecule has 1 N–H and O–H groups in total. The predicted molar refractivity (Wildman–Crippen MR) is 109 cm³/mol. The molecule has 2 aromatic carbocycles. The predicted octanol–water partition coefficient (Wildman–Crippen LogP) is 3.38. The largest absolute Gasteiger partial charge is 0.320 e. The molecule has 0 radical (unpaired) electrons. The fourth-order valence-corrected chi connectivity index (χ4v) is 3.38. The van der Waals surface area contributed by atoms with E-state index >= 15 is 0 Å². The number of aliphatic imine (C=N–C) groups is 1. The highest BCUT2D eigenvalue weighted by Gasteiger charge is 2.49. The molecule has 0 saturated carbocycles. The van der Waals surface area contributed by atoms with Crippen LogP contribution < -0.4 is 5.32 Å². The lowest BCUT2D eigenvalue weighted by Gasteiger charge is -2.27. The van der Waals surface area contributed by atoms with Crippen LogP contribution in [-0.4, -0.2) is 28.2 Å². The van der Waals surface area contributed by atoms with E-state index in [4.69, 9.17) is 0 Å². The number of carbonyl (C=O) groups excluding carboxylic acids is 2. The van der Waals surface area contributed by atoms with Crippen LogP contribution in [-0.2, 0) is 11.2 Å². The van der Waals surface area contributed by atoms with Gasteiger partial charge in [-0.2, -0.15) is 0 Å². The first-order chi connectivity index (χ1) is 13.5. The zero-order valence-electron chi connectivity index (χ0n) is 15.8. The zero-order chi connectivity index (χ0) is 19.7. The molecule has 5 nitrogen and oxygen atoms in total. The van der Waals surface area contributed by atoms with Gasteiger partial charge in [0.25, 0.3) is 11.8 Å².